The number of hydrogen-bond donors (Lipinski definition) is 2. The van der Waals surface area contributed by atoms with Crippen molar-refractivity contribution >= 4 is 5.91 Å². The lowest BCUT2D eigenvalue weighted by Gasteiger charge is -2.26. The van der Waals surface area contributed by atoms with E-state index >= 15 is 0 Å². The molecular formula is C19H29N3O2. The summed E-state index contributed by atoms with van der Waals surface area (Å²) in [4.78, 5) is 14.7. The molecule has 1 saturated carbocycles. The molecule has 1 aromatic carbocycles. The highest BCUT2D eigenvalue weighted by atomic mass is 16.5. The standard InChI is InChI=1S/C19H29N3O2/c20-18-3-1-2-17(12-18)19(23)21-13-15-4-6-16(7-5-15)14-22-8-10-24-11-9-22/h4-7,17-18H,1-3,8-14,20H2,(H,21,23). The Morgan fingerprint density at radius 1 is 1.17 bits per heavy atom. The maximum absolute atomic E-state index is 12.3. The molecule has 1 aliphatic heterocycles. The zero-order valence-corrected chi connectivity index (χ0v) is 14.4. The number of hydrogen-bond acceptors (Lipinski definition) is 4. The molecular weight excluding hydrogens is 302 g/mol. The van der Waals surface area contributed by atoms with Crippen LogP contribution in [0.3, 0.4) is 0 Å². The van der Waals surface area contributed by atoms with Crippen molar-refractivity contribution in [3.63, 3.8) is 0 Å². The van der Waals surface area contributed by atoms with Crippen LogP contribution in [0.15, 0.2) is 24.3 Å². The van der Waals surface area contributed by atoms with Crippen LogP contribution in [0.25, 0.3) is 0 Å². The first-order valence-corrected chi connectivity index (χ1v) is 9.12. The second kappa shape index (κ2) is 8.60. The Morgan fingerprint density at radius 3 is 2.58 bits per heavy atom. The summed E-state index contributed by atoms with van der Waals surface area (Å²) in [5.41, 5.74) is 8.43. The highest BCUT2D eigenvalue weighted by molar-refractivity contribution is 5.78. The van der Waals surface area contributed by atoms with E-state index in [0.29, 0.717) is 6.54 Å². The largest absolute Gasteiger partial charge is 0.379 e. The van der Waals surface area contributed by atoms with Gasteiger partial charge in [0.15, 0.2) is 0 Å². The van der Waals surface area contributed by atoms with E-state index in [9.17, 15) is 4.79 Å². The quantitative estimate of drug-likeness (QED) is 0.861. The van der Waals surface area contributed by atoms with E-state index in [1.54, 1.807) is 0 Å². The summed E-state index contributed by atoms with van der Waals surface area (Å²) in [6.07, 6.45) is 3.91. The molecule has 1 saturated heterocycles. The van der Waals surface area contributed by atoms with Crippen LogP contribution < -0.4 is 11.1 Å². The summed E-state index contributed by atoms with van der Waals surface area (Å²) in [5, 5.41) is 3.07. The van der Waals surface area contributed by atoms with Gasteiger partial charge in [-0.3, -0.25) is 9.69 Å². The minimum atomic E-state index is 0.0920. The van der Waals surface area contributed by atoms with Gasteiger partial charge in [0.25, 0.3) is 0 Å². The maximum atomic E-state index is 12.3. The van der Waals surface area contributed by atoms with Crippen LogP contribution >= 0.6 is 0 Å². The van der Waals surface area contributed by atoms with Crippen LogP contribution in [0.5, 0.6) is 0 Å². The van der Waals surface area contributed by atoms with Gasteiger partial charge in [-0.25, -0.2) is 0 Å². The van der Waals surface area contributed by atoms with Gasteiger partial charge in [-0.1, -0.05) is 30.7 Å². The van der Waals surface area contributed by atoms with Crippen LogP contribution in [0, 0.1) is 5.92 Å². The third-order valence-electron chi connectivity index (χ3n) is 5.09. The van der Waals surface area contributed by atoms with Crippen LogP contribution in [-0.4, -0.2) is 43.2 Å². The van der Waals surface area contributed by atoms with Crippen molar-refractivity contribution in [2.45, 2.75) is 44.8 Å². The number of nitrogens with one attached hydrogen (secondary N) is 1. The first-order valence-electron chi connectivity index (χ1n) is 9.12. The summed E-state index contributed by atoms with van der Waals surface area (Å²) in [5.74, 6) is 0.247. The van der Waals surface area contributed by atoms with Gasteiger partial charge in [0.05, 0.1) is 13.2 Å². The molecule has 5 nitrogen and oxygen atoms in total. The van der Waals surface area contributed by atoms with Crippen LogP contribution in [0.4, 0.5) is 0 Å². The van der Waals surface area contributed by atoms with Crippen molar-refractivity contribution in [2.75, 3.05) is 26.3 Å². The fourth-order valence-electron chi connectivity index (χ4n) is 3.58. The number of carbonyl (C=O) groups is 1. The molecule has 1 heterocycles. The smallest absolute Gasteiger partial charge is 0.223 e. The molecule has 3 rings (SSSR count). The molecule has 5 heteroatoms. The Hall–Kier alpha value is -1.43. The minimum Gasteiger partial charge on any atom is -0.379 e. The number of ether oxygens (including phenoxy) is 1. The highest BCUT2D eigenvalue weighted by Crippen LogP contribution is 2.23. The lowest BCUT2D eigenvalue weighted by molar-refractivity contribution is -0.126. The number of nitrogens with zero attached hydrogens (tertiary/aromatic N) is 1. The molecule has 0 radical (unpaired) electrons. The summed E-state index contributed by atoms with van der Waals surface area (Å²) in [6.45, 7) is 5.23. The number of benzene rings is 1. The third-order valence-corrected chi connectivity index (χ3v) is 5.09. The maximum Gasteiger partial charge on any atom is 0.223 e. The molecule has 132 valence electrons. The molecule has 3 N–H and O–H groups in total. The first-order chi connectivity index (χ1) is 11.7. The zero-order valence-electron chi connectivity index (χ0n) is 14.4. The first kappa shape index (κ1) is 17.4. The van der Waals surface area contributed by atoms with Crippen molar-refractivity contribution in [1.82, 2.24) is 10.2 Å². The number of rotatable bonds is 5. The van der Waals surface area contributed by atoms with E-state index < -0.39 is 0 Å². The van der Waals surface area contributed by atoms with Crippen LogP contribution in [0.1, 0.15) is 36.8 Å². The van der Waals surface area contributed by atoms with Gasteiger partial charge in [-0.15, -0.1) is 0 Å². The van der Waals surface area contributed by atoms with Gasteiger partial charge >= 0.3 is 0 Å². The molecule has 1 aliphatic carbocycles. The molecule has 2 atom stereocenters. The van der Waals surface area contributed by atoms with Crippen LogP contribution in [-0.2, 0) is 22.6 Å². The number of amides is 1. The molecule has 24 heavy (non-hydrogen) atoms. The van der Waals surface area contributed by atoms with E-state index in [-0.39, 0.29) is 17.9 Å². The second-order valence-electron chi connectivity index (χ2n) is 7.05. The second-order valence-corrected chi connectivity index (χ2v) is 7.05. The Balaban J connectivity index is 1.44. The molecule has 2 aliphatic rings. The molecule has 1 amide bonds. The van der Waals surface area contributed by atoms with Crippen molar-refractivity contribution < 1.29 is 9.53 Å². The van der Waals surface area contributed by atoms with Gasteiger partial charge in [0.1, 0.15) is 0 Å². The zero-order chi connectivity index (χ0) is 16.8. The van der Waals surface area contributed by atoms with Crippen molar-refractivity contribution in [2.24, 2.45) is 11.7 Å². The average Bonchev–Trinajstić information content (AvgIpc) is 2.62. The highest BCUT2D eigenvalue weighted by Gasteiger charge is 2.24. The Labute approximate surface area is 144 Å². The average molecular weight is 331 g/mol. The summed E-state index contributed by atoms with van der Waals surface area (Å²) >= 11 is 0. The lowest BCUT2D eigenvalue weighted by atomic mass is 9.85. The molecule has 0 aromatic heterocycles. The summed E-state index contributed by atoms with van der Waals surface area (Å²) in [7, 11) is 0. The van der Waals surface area contributed by atoms with Gasteiger partial charge < -0.3 is 15.8 Å². The van der Waals surface area contributed by atoms with Crippen molar-refractivity contribution in [1.29, 1.82) is 0 Å². The van der Waals surface area contributed by atoms with E-state index in [0.717, 1.165) is 64.1 Å². The summed E-state index contributed by atoms with van der Waals surface area (Å²) in [6, 6.07) is 8.74. The van der Waals surface area contributed by atoms with Crippen LogP contribution in [0.2, 0.25) is 0 Å². The molecule has 0 spiro atoms. The lowest BCUT2D eigenvalue weighted by Crippen LogP contribution is -2.37. The molecule has 2 unspecified atom stereocenters. The fraction of sp³-hybridized carbons (Fsp3) is 0.632. The van der Waals surface area contributed by atoms with E-state index in [4.69, 9.17) is 10.5 Å². The van der Waals surface area contributed by atoms with E-state index in [1.807, 2.05) is 0 Å². The molecule has 1 aromatic rings. The molecule has 2 fully saturated rings. The van der Waals surface area contributed by atoms with E-state index in [1.165, 1.54) is 5.56 Å². The number of carbonyl (C=O) groups excluding carboxylic acids is 1. The Bertz CT molecular complexity index is 526. The van der Waals surface area contributed by atoms with Crippen molar-refractivity contribution in [3.8, 4) is 0 Å². The predicted octanol–water partition coefficient (Wildman–Crippen LogP) is 1.65. The fourth-order valence-corrected chi connectivity index (χ4v) is 3.58. The SMILES string of the molecule is NC1CCCC(C(=O)NCc2ccc(CN3CCOCC3)cc2)C1. The van der Waals surface area contributed by atoms with Gasteiger partial charge in [-0.2, -0.15) is 0 Å². The Morgan fingerprint density at radius 2 is 1.88 bits per heavy atom. The third kappa shape index (κ3) is 5.03. The predicted molar refractivity (Wildman–Crippen MR) is 94.3 cm³/mol. The van der Waals surface area contributed by atoms with Gasteiger partial charge in [-0.05, 0) is 30.4 Å². The number of nitrogens with two attached hydrogens (primary N) is 1. The minimum absolute atomic E-state index is 0.0920. The number of morpholine rings is 1. The Kier molecular flexibility index (Phi) is 6.24. The molecule has 0 bridgehead atoms. The van der Waals surface area contributed by atoms with Gasteiger partial charge in [0, 0.05) is 38.1 Å². The summed E-state index contributed by atoms with van der Waals surface area (Å²) < 4.78 is 5.38. The van der Waals surface area contributed by atoms with Crippen molar-refractivity contribution in [3.05, 3.63) is 35.4 Å². The monoisotopic (exact) mass is 331 g/mol. The van der Waals surface area contributed by atoms with Gasteiger partial charge in [0.2, 0.25) is 5.91 Å². The topological polar surface area (TPSA) is 67.6 Å². The van der Waals surface area contributed by atoms with E-state index in [2.05, 4.69) is 34.5 Å². The normalized spacial score (nSPS) is 25.4.